The third-order valence-electron chi connectivity index (χ3n) is 3.02. The number of alkyl halides is 2. The van der Waals surface area contributed by atoms with Crippen molar-refractivity contribution in [1.29, 1.82) is 0 Å². The average molecular weight is 327 g/mol. The third kappa shape index (κ3) is 10.3. The minimum atomic E-state index is -1.26. The van der Waals surface area contributed by atoms with Gasteiger partial charge in [-0.2, -0.15) is 0 Å². The molecular weight excluding hydrogens is 295 g/mol. The van der Waals surface area contributed by atoms with Crippen LogP contribution in [0.4, 0.5) is 0 Å². The molecule has 1 atom stereocenters. The van der Waals surface area contributed by atoms with Gasteiger partial charge < -0.3 is 9.47 Å². The van der Waals surface area contributed by atoms with Crippen molar-refractivity contribution in [2.24, 2.45) is 0 Å². The first-order chi connectivity index (χ1) is 9.29. The van der Waals surface area contributed by atoms with Crippen LogP contribution >= 0.6 is 23.2 Å². The zero-order chi connectivity index (χ0) is 15.6. The maximum atomic E-state index is 6.32. The van der Waals surface area contributed by atoms with Gasteiger partial charge in [0, 0.05) is 0 Å². The van der Waals surface area contributed by atoms with Crippen LogP contribution in [0.5, 0.6) is 0 Å². The van der Waals surface area contributed by atoms with Crippen molar-refractivity contribution in [3.63, 3.8) is 0 Å². The van der Waals surface area contributed by atoms with Gasteiger partial charge in [0.05, 0.1) is 12.2 Å². The summed E-state index contributed by atoms with van der Waals surface area (Å²) in [5.74, 6) is 0. The molecule has 1 unspecified atom stereocenters. The molecule has 0 aliphatic carbocycles. The van der Waals surface area contributed by atoms with Crippen LogP contribution in [-0.4, -0.2) is 22.8 Å². The lowest BCUT2D eigenvalue weighted by atomic mass is 10.1. The monoisotopic (exact) mass is 326 g/mol. The van der Waals surface area contributed by atoms with Crippen LogP contribution in [0.25, 0.3) is 0 Å². The van der Waals surface area contributed by atoms with Crippen LogP contribution in [0.2, 0.25) is 0 Å². The largest absolute Gasteiger partial charge is 0.370 e. The number of ether oxygens (including phenoxy) is 2. The Labute approximate surface area is 135 Å². The molecule has 2 nitrogen and oxygen atoms in total. The minimum Gasteiger partial charge on any atom is -0.370 e. The van der Waals surface area contributed by atoms with Gasteiger partial charge in [0.2, 0.25) is 4.52 Å². The van der Waals surface area contributed by atoms with E-state index >= 15 is 0 Å². The van der Waals surface area contributed by atoms with Crippen molar-refractivity contribution in [2.45, 2.75) is 102 Å². The second-order valence-electron chi connectivity index (χ2n) is 5.96. The number of rotatable bonds is 12. The van der Waals surface area contributed by atoms with E-state index < -0.39 is 4.52 Å². The number of hydrogen-bond donors (Lipinski definition) is 0. The van der Waals surface area contributed by atoms with Crippen molar-refractivity contribution >= 4 is 23.2 Å². The Morgan fingerprint density at radius 2 is 1.40 bits per heavy atom. The Morgan fingerprint density at radius 1 is 0.850 bits per heavy atom. The molecule has 0 saturated carbocycles. The van der Waals surface area contributed by atoms with E-state index in [0.29, 0.717) is 0 Å². The Bertz CT molecular complexity index is 231. The molecule has 0 aromatic carbocycles. The van der Waals surface area contributed by atoms with Gasteiger partial charge in [0.15, 0.2) is 0 Å². The fourth-order valence-corrected chi connectivity index (χ4v) is 2.82. The Kier molecular flexibility index (Phi) is 11.4. The maximum absolute atomic E-state index is 6.32. The zero-order valence-electron chi connectivity index (χ0n) is 13.8. The van der Waals surface area contributed by atoms with E-state index in [9.17, 15) is 0 Å². The lowest BCUT2D eigenvalue weighted by molar-refractivity contribution is -0.0995. The van der Waals surface area contributed by atoms with Crippen molar-refractivity contribution < 1.29 is 9.47 Å². The first kappa shape index (κ1) is 20.5. The Balaban J connectivity index is 4.20. The summed E-state index contributed by atoms with van der Waals surface area (Å²) in [5, 5.41) is 0. The minimum absolute atomic E-state index is 0.0205. The highest BCUT2D eigenvalue weighted by atomic mass is 35.5. The highest BCUT2D eigenvalue weighted by molar-refractivity contribution is 6.47. The number of halogens is 2. The van der Waals surface area contributed by atoms with E-state index in [1.165, 1.54) is 32.1 Å². The van der Waals surface area contributed by atoms with E-state index in [4.69, 9.17) is 32.7 Å². The van der Waals surface area contributed by atoms with E-state index in [1.54, 1.807) is 0 Å². The number of hydrogen-bond acceptors (Lipinski definition) is 2. The maximum Gasteiger partial charge on any atom is 0.244 e. The molecule has 0 heterocycles. The van der Waals surface area contributed by atoms with Crippen LogP contribution < -0.4 is 0 Å². The van der Waals surface area contributed by atoms with Gasteiger partial charge >= 0.3 is 0 Å². The van der Waals surface area contributed by atoms with Gasteiger partial charge in [-0.05, 0) is 34.1 Å². The zero-order valence-corrected chi connectivity index (χ0v) is 15.3. The Hall–Kier alpha value is 0.500. The topological polar surface area (TPSA) is 18.5 Å². The smallest absolute Gasteiger partial charge is 0.244 e. The van der Waals surface area contributed by atoms with Gasteiger partial charge in [-0.1, -0.05) is 68.7 Å². The molecule has 0 bridgehead atoms. The molecule has 0 aromatic heterocycles. The molecule has 122 valence electrons. The van der Waals surface area contributed by atoms with Crippen molar-refractivity contribution in [3.05, 3.63) is 0 Å². The molecule has 0 aliphatic rings. The van der Waals surface area contributed by atoms with Crippen molar-refractivity contribution in [1.82, 2.24) is 0 Å². The van der Waals surface area contributed by atoms with Gasteiger partial charge in [0.1, 0.15) is 6.10 Å². The predicted octanol–water partition coefficient (Wildman–Crippen LogP) is 6.09. The molecule has 0 N–H and O–H groups in total. The van der Waals surface area contributed by atoms with Crippen LogP contribution in [-0.2, 0) is 9.47 Å². The molecule has 4 heteroatoms. The van der Waals surface area contributed by atoms with Crippen LogP contribution in [0.15, 0.2) is 0 Å². The summed E-state index contributed by atoms with van der Waals surface area (Å²) in [4.78, 5) is 0. The molecule has 20 heavy (non-hydrogen) atoms. The normalized spacial score (nSPS) is 14.2. The summed E-state index contributed by atoms with van der Waals surface area (Å²) in [6, 6.07) is 0. The molecule has 0 aromatic rings. The summed E-state index contributed by atoms with van der Waals surface area (Å²) in [6.07, 6.45) is 8.06. The van der Waals surface area contributed by atoms with Crippen molar-refractivity contribution in [3.8, 4) is 0 Å². The lowest BCUT2D eigenvalue weighted by Crippen LogP contribution is -2.39. The standard InChI is InChI=1S/C16H32Cl2O2/c1-6-7-8-9-10-11-12-15(19-13(2)3)16(17,18)20-14(4)5/h13-15H,6-12H2,1-5H3. The molecule has 0 spiro atoms. The molecular formula is C16H32Cl2O2. The molecule has 0 saturated heterocycles. The summed E-state index contributed by atoms with van der Waals surface area (Å²) < 4.78 is 10.2. The van der Waals surface area contributed by atoms with E-state index in [1.807, 2.05) is 27.7 Å². The molecule has 0 fully saturated rings. The third-order valence-corrected chi connectivity index (χ3v) is 3.69. The highest BCUT2D eigenvalue weighted by Crippen LogP contribution is 2.34. The number of unbranched alkanes of at least 4 members (excludes halogenated alkanes) is 5. The molecule has 0 aliphatic heterocycles. The molecule has 0 amide bonds. The van der Waals surface area contributed by atoms with Gasteiger partial charge in [-0.15, -0.1) is 0 Å². The fraction of sp³-hybridized carbons (Fsp3) is 1.00. The van der Waals surface area contributed by atoms with Gasteiger partial charge in [0.25, 0.3) is 0 Å². The summed E-state index contributed by atoms with van der Waals surface area (Å²) in [7, 11) is 0. The summed E-state index contributed by atoms with van der Waals surface area (Å²) in [5.41, 5.74) is 0. The quantitative estimate of drug-likeness (QED) is 0.319. The van der Waals surface area contributed by atoms with Gasteiger partial charge in [-0.3, -0.25) is 0 Å². The van der Waals surface area contributed by atoms with Crippen LogP contribution in [0, 0.1) is 0 Å². The molecule has 0 radical (unpaired) electrons. The first-order valence-electron chi connectivity index (χ1n) is 8.00. The van der Waals surface area contributed by atoms with Crippen LogP contribution in [0.1, 0.15) is 79.6 Å². The SMILES string of the molecule is CCCCCCCCC(OC(C)C)C(Cl)(Cl)OC(C)C. The second kappa shape index (κ2) is 11.1. The Morgan fingerprint density at radius 3 is 1.90 bits per heavy atom. The first-order valence-corrected chi connectivity index (χ1v) is 8.76. The van der Waals surface area contributed by atoms with E-state index in [2.05, 4.69) is 6.92 Å². The molecule has 0 rings (SSSR count). The summed E-state index contributed by atoms with van der Waals surface area (Å²) in [6.45, 7) is 10.1. The van der Waals surface area contributed by atoms with Gasteiger partial charge in [-0.25, -0.2) is 0 Å². The van der Waals surface area contributed by atoms with Crippen LogP contribution in [0.3, 0.4) is 0 Å². The summed E-state index contributed by atoms with van der Waals surface area (Å²) >= 11 is 12.6. The second-order valence-corrected chi connectivity index (χ2v) is 7.27. The van der Waals surface area contributed by atoms with E-state index in [0.717, 1.165) is 12.8 Å². The lowest BCUT2D eigenvalue weighted by Gasteiger charge is -2.32. The van der Waals surface area contributed by atoms with E-state index in [-0.39, 0.29) is 18.3 Å². The average Bonchev–Trinajstić information content (AvgIpc) is 2.29. The predicted molar refractivity (Wildman–Crippen MR) is 88.7 cm³/mol. The van der Waals surface area contributed by atoms with Crippen molar-refractivity contribution in [2.75, 3.05) is 0 Å². The highest BCUT2D eigenvalue weighted by Gasteiger charge is 2.38. The fourth-order valence-electron chi connectivity index (χ4n) is 2.14.